The van der Waals surface area contributed by atoms with Gasteiger partial charge in [-0.1, -0.05) is 6.07 Å². The molecule has 0 saturated heterocycles. The fourth-order valence-electron chi connectivity index (χ4n) is 1.51. The van der Waals surface area contributed by atoms with Crippen LogP contribution in [-0.2, 0) is 12.1 Å². The molecule has 0 aliphatic heterocycles. The molecule has 2 rings (SSSR count). The van der Waals surface area contributed by atoms with Crippen LogP contribution >= 0.6 is 11.6 Å². The molecule has 2 nitrogen and oxygen atoms in total. The van der Waals surface area contributed by atoms with Gasteiger partial charge in [-0.2, -0.15) is 13.2 Å². The number of ether oxygens (including phenoxy) is 1. The lowest BCUT2D eigenvalue weighted by atomic mass is 10.2. The number of nitrogens with zero attached hydrogens (tertiary/aromatic N) is 1. The Bertz CT molecular complexity index is 616. The van der Waals surface area contributed by atoms with E-state index in [4.69, 9.17) is 16.3 Å². The second kappa shape index (κ2) is 5.66. The van der Waals surface area contributed by atoms with E-state index in [2.05, 4.69) is 4.98 Å². The summed E-state index contributed by atoms with van der Waals surface area (Å²) < 4.78 is 56.1. The van der Waals surface area contributed by atoms with Gasteiger partial charge in [0.25, 0.3) is 0 Å². The summed E-state index contributed by atoms with van der Waals surface area (Å²) in [4.78, 5) is 3.88. The molecule has 2 aromatic rings. The third kappa shape index (κ3) is 3.19. The van der Waals surface area contributed by atoms with Gasteiger partial charge < -0.3 is 4.74 Å². The molecule has 0 bridgehead atoms. The molecule has 0 unspecified atom stereocenters. The van der Waals surface area contributed by atoms with Crippen molar-refractivity contribution < 1.29 is 22.3 Å². The smallest absolute Gasteiger partial charge is 0.419 e. The van der Waals surface area contributed by atoms with E-state index in [-0.39, 0.29) is 17.5 Å². The topological polar surface area (TPSA) is 22.1 Å². The first-order chi connectivity index (χ1) is 9.41. The molecule has 0 aliphatic carbocycles. The quantitative estimate of drug-likeness (QED) is 0.602. The maximum atomic E-state index is 13.1. The van der Waals surface area contributed by atoms with Crippen LogP contribution < -0.4 is 4.74 Å². The van der Waals surface area contributed by atoms with E-state index in [1.165, 1.54) is 6.20 Å². The van der Waals surface area contributed by atoms with Crippen LogP contribution in [0, 0.1) is 5.82 Å². The van der Waals surface area contributed by atoms with Gasteiger partial charge in [-0.25, -0.2) is 9.37 Å². The summed E-state index contributed by atoms with van der Waals surface area (Å²) >= 11 is 5.67. The Morgan fingerprint density at radius 2 is 1.95 bits per heavy atom. The van der Waals surface area contributed by atoms with Crippen LogP contribution in [0.25, 0.3) is 0 Å². The summed E-state index contributed by atoms with van der Waals surface area (Å²) in [6.07, 6.45) is -3.37. The normalized spacial score (nSPS) is 11.4. The van der Waals surface area contributed by atoms with Crippen molar-refractivity contribution in [1.82, 2.24) is 4.98 Å². The molecule has 0 atom stereocenters. The molecule has 1 heterocycles. The van der Waals surface area contributed by atoms with Crippen molar-refractivity contribution in [3.05, 3.63) is 53.5 Å². The molecule has 0 amide bonds. The molecular formula is C13H8ClF4NO. The van der Waals surface area contributed by atoms with Gasteiger partial charge in [-0.05, 0) is 24.3 Å². The monoisotopic (exact) mass is 305 g/mol. The summed E-state index contributed by atoms with van der Waals surface area (Å²) in [5.41, 5.74) is -0.870. The van der Waals surface area contributed by atoms with Crippen LogP contribution in [0.15, 0.2) is 36.5 Å². The highest BCUT2D eigenvalue weighted by atomic mass is 35.5. The van der Waals surface area contributed by atoms with E-state index in [1.54, 1.807) is 12.1 Å². The fraction of sp³-hybridized carbons (Fsp3) is 0.154. The van der Waals surface area contributed by atoms with E-state index >= 15 is 0 Å². The number of hydrogen-bond acceptors (Lipinski definition) is 2. The lowest BCUT2D eigenvalue weighted by Crippen LogP contribution is -2.08. The summed E-state index contributed by atoms with van der Waals surface area (Å²) in [6, 6.07) is 5.63. The number of aromatic nitrogens is 1. The second-order valence-electron chi connectivity index (χ2n) is 3.84. The van der Waals surface area contributed by atoms with Crippen molar-refractivity contribution in [2.45, 2.75) is 12.1 Å². The molecular weight excluding hydrogens is 298 g/mol. The molecule has 7 heteroatoms. The molecule has 0 saturated carbocycles. The summed E-state index contributed by atoms with van der Waals surface area (Å²) in [7, 11) is 0. The molecule has 1 aromatic carbocycles. The van der Waals surface area contributed by atoms with Crippen LogP contribution in [0.3, 0.4) is 0 Å². The molecule has 1 aromatic heterocycles. The summed E-state index contributed by atoms with van der Waals surface area (Å²) in [5, 5.41) is 0. The highest BCUT2D eigenvalue weighted by molar-refractivity contribution is 6.17. The van der Waals surface area contributed by atoms with Crippen LogP contribution in [0.4, 0.5) is 17.6 Å². The van der Waals surface area contributed by atoms with Crippen molar-refractivity contribution in [3.8, 4) is 11.6 Å². The van der Waals surface area contributed by atoms with Gasteiger partial charge in [-0.15, -0.1) is 11.6 Å². The van der Waals surface area contributed by atoms with Crippen molar-refractivity contribution in [1.29, 1.82) is 0 Å². The van der Waals surface area contributed by atoms with Crippen molar-refractivity contribution in [2.24, 2.45) is 0 Å². The van der Waals surface area contributed by atoms with Crippen LogP contribution in [0.2, 0.25) is 0 Å². The van der Waals surface area contributed by atoms with Gasteiger partial charge in [0.1, 0.15) is 11.6 Å². The Labute approximate surface area is 117 Å². The number of benzene rings is 1. The molecule has 0 fully saturated rings. The SMILES string of the molecule is Fc1ccc(Oc2ncccc2CCl)cc1C(F)(F)F. The van der Waals surface area contributed by atoms with Gasteiger partial charge >= 0.3 is 6.18 Å². The Hall–Kier alpha value is -1.82. The highest BCUT2D eigenvalue weighted by Gasteiger charge is 2.34. The van der Waals surface area contributed by atoms with E-state index < -0.39 is 17.6 Å². The maximum absolute atomic E-state index is 13.1. The molecule has 20 heavy (non-hydrogen) atoms. The maximum Gasteiger partial charge on any atom is 0.419 e. The first-order valence-electron chi connectivity index (χ1n) is 5.46. The minimum absolute atomic E-state index is 0.0854. The number of halogens is 5. The Morgan fingerprint density at radius 3 is 2.60 bits per heavy atom. The van der Waals surface area contributed by atoms with Crippen LogP contribution in [-0.4, -0.2) is 4.98 Å². The largest absolute Gasteiger partial charge is 0.439 e. The number of rotatable bonds is 3. The van der Waals surface area contributed by atoms with Crippen molar-refractivity contribution in [3.63, 3.8) is 0 Å². The van der Waals surface area contributed by atoms with Crippen LogP contribution in [0.5, 0.6) is 11.6 Å². The van der Waals surface area contributed by atoms with Gasteiger partial charge in [0.2, 0.25) is 5.88 Å². The number of alkyl halides is 4. The Kier molecular flexibility index (Phi) is 4.13. The van der Waals surface area contributed by atoms with Crippen molar-refractivity contribution >= 4 is 11.6 Å². The van der Waals surface area contributed by atoms with Crippen molar-refractivity contribution in [2.75, 3.05) is 0 Å². The summed E-state index contributed by atoms with van der Waals surface area (Å²) in [5.74, 6) is -1.34. The average molecular weight is 306 g/mol. The number of hydrogen-bond donors (Lipinski definition) is 0. The van der Waals surface area contributed by atoms with E-state index in [0.717, 1.165) is 6.07 Å². The second-order valence-corrected chi connectivity index (χ2v) is 4.11. The molecule has 0 radical (unpaired) electrons. The average Bonchev–Trinajstić information content (AvgIpc) is 2.40. The predicted octanol–water partition coefficient (Wildman–Crippen LogP) is 4.77. The Morgan fingerprint density at radius 1 is 1.20 bits per heavy atom. The summed E-state index contributed by atoms with van der Waals surface area (Å²) in [6.45, 7) is 0. The minimum atomic E-state index is -4.79. The lowest BCUT2D eigenvalue weighted by Gasteiger charge is -2.11. The van der Waals surface area contributed by atoms with Gasteiger partial charge in [-0.3, -0.25) is 0 Å². The van der Waals surface area contributed by atoms with E-state index in [0.29, 0.717) is 17.7 Å². The zero-order valence-electron chi connectivity index (χ0n) is 9.92. The van der Waals surface area contributed by atoms with Gasteiger partial charge in [0, 0.05) is 11.8 Å². The predicted molar refractivity (Wildman–Crippen MR) is 65.3 cm³/mol. The minimum Gasteiger partial charge on any atom is -0.439 e. The Balaban J connectivity index is 2.35. The first kappa shape index (κ1) is 14.6. The van der Waals surface area contributed by atoms with Crippen LogP contribution in [0.1, 0.15) is 11.1 Å². The third-order valence-corrected chi connectivity index (χ3v) is 2.74. The van der Waals surface area contributed by atoms with E-state index in [1.807, 2.05) is 0 Å². The zero-order chi connectivity index (χ0) is 14.8. The molecule has 0 spiro atoms. The molecule has 0 aliphatic rings. The fourth-order valence-corrected chi connectivity index (χ4v) is 1.72. The zero-order valence-corrected chi connectivity index (χ0v) is 10.7. The standard InChI is InChI=1S/C13H8ClF4NO/c14-7-8-2-1-5-19-12(8)20-9-3-4-11(15)10(6-9)13(16,17)18/h1-6H,7H2. The molecule has 0 N–H and O–H groups in total. The third-order valence-electron chi connectivity index (χ3n) is 2.45. The van der Waals surface area contributed by atoms with Gasteiger partial charge in [0.05, 0.1) is 11.4 Å². The first-order valence-corrected chi connectivity index (χ1v) is 5.99. The highest BCUT2D eigenvalue weighted by Crippen LogP contribution is 2.35. The molecule has 106 valence electrons. The van der Waals surface area contributed by atoms with E-state index in [9.17, 15) is 17.6 Å². The lowest BCUT2D eigenvalue weighted by molar-refractivity contribution is -0.140. The van der Waals surface area contributed by atoms with Gasteiger partial charge in [0.15, 0.2) is 0 Å². The number of pyridine rings is 1.